The summed E-state index contributed by atoms with van der Waals surface area (Å²) in [4.78, 5) is 29.8. The Hall–Kier alpha value is -1.98. The van der Waals surface area contributed by atoms with Crippen LogP contribution in [0.5, 0.6) is 0 Å². The van der Waals surface area contributed by atoms with Crippen LogP contribution in [0.4, 0.5) is 0 Å². The summed E-state index contributed by atoms with van der Waals surface area (Å²) in [6, 6.07) is 4.00. The number of allylic oxidation sites excluding steroid dienone is 8. The van der Waals surface area contributed by atoms with Gasteiger partial charge in [-0.2, -0.15) is 0 Å². The zero-order valence-corrected chi connectivity index (χ0v) is 16.9. The quantitative estimate of drug-likeness (QED) is 0.570. The van der Waals surface area contributed by atoms with Crippen molar-refractivity contribution in [1.29, 1.82) is 0 Å². The topological polar surface area (TPSA) is 54.4 Å². The van der Waals surface area contributed by atoms with Gasteiger partial charge in [-0.25, -0.2) is 0 Å². The van der Waals surface area contributed by atoms with E-state index in [0.29, 0.717) is 6.42 Å². The molecule has 3 rings (SSSR count). The highest BCUT2D eigenvalue weighted by Gasteiger charge is 2.40. The van der Waals surface area contributed by atoms with Gasteiger partial charge in [0.05, 0.1) is 11.5 Å². The van der Waals surface area contributed by atoms with E-state index >= 15 is 0 Å². The highest BCUT2D eigenvalue weighted by Crippen LogP contribution is 2.34. The molecular formula is C21H21O3S2+. The van der Waals surface area contributed by atoms with Crippen molar-refractivity contribution in [3.8, 4) is 0 Å². The molecular weight excluding hydrogens is 364 g/mol. The maximum atomic E-state index is 12.8. The molecule has 3 nitrogen and oxygen atoms in total. The van der Waals surface area contributed by atoms with Gasteiger partial charge in [-0.15, -0.1) is 0 Å². The third kappa shape index (κ3) is 3.89. The zero-order valence-electron chi connectivity index (χ0n) is 15.3. The zero-order chi connectivity index (χ0) is 19.0. The molecule has 1 unspecified atom stereocenters. The van der Waals surface area contributed by atoms with E-state index in [4.69, 9.17) is 0 Å². The normalized spacial score (nSPS) is 20.5. The monoisotopic (exact) mass is 385 g/mol. The van der Waals surface area contributed by atoms with E-state index in [1.165, 1.54) is 0 Å². The van der Waals surface area contributed by atoms with Crippen molar-refractivity contribution in [2.45, 2.75) is 34.1 Å². The molecule has 0 saturated carbocycles. The summed E-state index contributed by atoms with van der Waals surface area (Å²) in [5.41, 5.74) is 1.91. The number of thioether (sulfide) groups is 1. The highest BCUT2D eigenvalue weighted by molar-refractivity contribution is 8.06. The number of ketones is 2. The van der Waals surface area contributed by atoms with Gasteiger partial charge in [0, 0.05) is 26.0 Å². The van der Waals surface area contributed by atoms with Crippen molar-refractivity contribution < 1.29 is 14.7 Å². The van der Waals surface area contributed by atoms with Gasteiger partial charge in [0.25, 0.3) is 0 Å². The van der Waals surface area contributed by atoms with Crippen molar-refractivity contribution in [1.82, 2.24) is 0 Å². The Labute approximate surface area is 161 Å². The Morgan fingerprint density at radius 3 is 2.19 bits per heavy atom. The second-order valence-corrected chi connectivity index (χ2v) is 9.67. The minimum atomic E-state index is -0.832. The lowest BCUT2D eigenvalue weighted by Crippen LogP contribution is -2.20. The van der Waals surface area contributed by atoms with Gasteiger partial charge in [0.15, 0.2) is 11.5 Å². The van der Waals surface area contributed by atoms with Crippen LogP contribution in [0.2, 0.25) is 0 Å². The third-order valence-corrected chi connectivity index (χ3v) is 6.06. The van der Waals surface area contributed by atoms with E-state index in [2.05, 4.69) is 0 Å². The summed E-state index contributed by atoms with van der Waals surface area (Å²) in [6.07, 6.45) is 5.86. The molecule has 0 amide bonds. The summed E-state index contributed by atoms with van der Waals surface area (Å²) in [7, 11) is 0. The van der Waals surface area contributed by atoms with Crippen molar-refractivity contribution in [2.75, 3.05) is 0 Å². The Bertz CT molecular complexity index is 892. The van der Waals surface area contributed by atoms with E-state index < -0.39 is 17.5 Å². The minimum Gasteiger partial charge on any atom is -0.504 e. The highest BCUT2D eigenvalue weighted by atomic mass is 32.2. The van der Waals surface area contributed by atoms with Gasteiger partial charge in [0.2, 0.25) is 26.9 Å². The van der Waals surface area contributed by atoms with E-state index in [-0.39, 0.29) is 11.4 Å². The van der Waals surface area contributed by atoms with Crippen LogP contribution >= 0.6 is 23.1 Å². The maximum absolute atomic E-state index is 12.8. The molecule has 1 aromatic heterocycles. The minimum absolute atomic E-state index is 0.127. The van der Waals surface area contributed by atoms with E-state index in [0.717, 1.165) is 30.7 Å². The first-order valence-electron chi connectivity index (χ1n) is 8.42. The molecule has 134 valence electrons. The predicted octanol–water partition coefficient (Wildman–Crippen LogP) is 5.25. The number of hydrogen-bond acceptors (Lipinski definition) is 4. The Kier molecular flexibility index (Phi) is 5.30. The molecule has 2 aliphatic rings. The second-order valence-electron chi connectivity index (χ2n) is 6.69. The first-order valence-corrected chi connectivity index (χ1v) is 10.1. The smallest absolute Gasteiger partial charge is 0.217 e. The average molecular weight is 386 g/mol. The second kappa shape index (κ2) is 7.33. The number of carbonyl (C=O) groups is 2. The van der Waals surface area contributed by atoms with E-state index in [9.17, 15) is 14.7 Å². The number of aliphatic hydroxyl groups excluding tert-OH is 1. The Balaban J connectivity index is 1.89. The average Bonchev–Trinajstić information content (AvgIpc) is 2.71. The Morgan fingerprint density at radius 1 is 1.04 bits per heavy atom. The summed E-state index contributed by atoms with van der Waals surface area (Å²) in [5.74, 6) is -2.01. The summed E-state index contributed by atoms with van der Waals surface area (Å²) < 4.78 is 0. The molecule has 1 aromatic rings. The van der Waals surface area contributed by atoms with Crippen LogP contribution in [-0.2, 0) is 16.0 Å². The SMILES string of the molecule is CC1=CC(=CC2=C(O)C(=O)C(Cc3cc(C)[s+]c(C)c3)C2=O)C=C(C)S1. The summed E-state index contributed by atoms with van der Waals surface area (Å²) >= 11 is 3.34. The van der Waals surface area contributed by atoms with Gasteiger partial charge in [-0.3, -0.25) is 9.59 Å². The lowest BCUT2D eigenvalue weighted by molar-refractivity contribution is -0.127. The first kappa shape index (κ1) is 18.8. The molecule has 5 heteroatoms. The number of rotatable bonds is 3. The summed E-state index contributed by atoms with van der Waals surface area (Å²) in [5, 5.41) is 10.3. The van der Waals surface area contributed by atoms with Crippen LogP contribution in [0.3, 0.4) is 0 Å². The van der Waals surface area contributed by atoms with Gasteiger partial charge in [-0.1, -0.05) is 11.8 Å². The molecule has 0 saturated heterocycles. The molecule has 0 radical (unpaired) electrons. The molecule has 0 aromatic carbocycles. The van der Waals surface area contributed by atoms with Crippen molar-refractivity contribution >= 4 is 34.7 Å². The molecule has 0 spiro atoms. The van der Waals surface area contributed by atoms with Crippen LogP contribution in [0.1, 0.15) is 29.2 Å². The fourth-order valence-electron chi connectivity index (χ4n) is 3.35. The van der Waals surface area contributed by atoms with Gasteiger partial charge in [0.1, 0.15) is 0 Å². The van der Waals surface area contributed by atoms with Crippen LogP contribution in [0, 0.1) is 19.8 Å². The molecule has 1 atom stereocenters. The maximum Gasteiger partial charge on any atom is 0.217 e. The predicted molar refractivity (Wildman–Crippen MR) is 108 cm³/mol. The number of aryl methyl sites for hydroxylation is 2. The first-order chi connectivity index (χ1) is 12.2. The van der Waals surface area contributed by atoms with Gasteiger partial charge in [-0.05, 0) is 59.4 Å². The largest absolute Gasteiger partial charge is 0.504 e. The van der Waals surface area contributed by atoms with E-state index in [1.54, 1.807) is 29.2 Å². The fourth-order valence-corrected chi connectivity index (χ4v) is 5.18. The molecule has 0 bridgehead atoms. The van der Waals surface area contributed by atoms with E-state index in [1.807, 2.05) is 52.0 Å². The van der Waals surface area contributed by atoms with Crippen molar-refractivity contribution in [3.63, 3.8) is 0 Å². The Morgan fingerprint density at radius 2 is 1.62 bits per heavy atom. The molecule has 0 fully saturated rings. The number of hydrogen-bond donors (Lipinski definition) is 1. The molecule has 1 aliphatic heterocycles. The van der Waals surface area contributed by atoms with Crippen molar-refractivity contribution in [3.05, 3.63) is 72.4 Å². The van der Waals surface area contributed by atoms with Crippen LogP contribution < -0.4 is 0 Å². The molecule has 2 heterocycles. The van der Waals surface area contributed by atoms with Crippen LogP contribution in [-0.4, -0.2) is 16.7 Å². The summed E-state index contributed by atoms with van der Waals surface area (Å²) in [6.45, 7) is 8.01. The van der Waals surface area contributed by atoms with Crippen molar-refractivity contribution in [2.24, 2.45) is 5.92 Å². The lowest BCUT2D eigenvalue weighted by Gasteiger charge is -2.10. The van der Waals surface area contributed by atoms with Crippen LogP contribution in [0.25, 0.3) is 0 Å². The van der Waals surface area contributed by atoms with Gasteiger partial charge >= 0.3 is 0 Å². The number of Topliss-reactive ketones (excluding diaryl/α,β-unsaturated/α-hetero) is 2. The molecule has 1 N–H and O–H groups in total. The number of aliphatic hydroxyl groups is 1. The standard InChI is InChI=1S/C21H20O3S2/c1-11-5-15(6-12(2)25-11)9-17-19(22)18(21(24)20(17)23)10-16-7-13(3)26-14(4)8-16/h5-9,18H,10H2,1-4H3/p+1. The number of carbonyl (C=O) groups excluding carboxylic acids is 2. The molecule has 1 aliphatic carbocycles. The lowest BCUT2D eigenvalue weighted by atomic mass is 9.94. The third-order valence-electron chi connectivity index (χ3n) is 4.30. The fraction of sp³-hybridized carbons (Fsp3) is 0.286. The molecule has 26 heavy (non-hydrogen) atoms. The van der Waals surface area contributed by atoms with Gasteiger partial charge < -0.3 is 5.11 Å². The van der Waals surface area contributed by atoms with Crippen LogP contribution in [0.15, 0.2) is 57.1 Å².